The van der Waals surface area contributed by atoms with Crippen LogP contribution in [0, 0.1) is 11.6 Å². The van der Waals surface area contributed by atoms with E-state index in [0.717, 1.165) is 17.7 Å². The first-order valence-electron chi connectivity index (χ1n) is 6.75. The van der Waals surface area contributed by atoms with Crippen molar-refractivity contribution in [3.63, 3.8) is 0 Å². The average molecular weight is 324 g/mol. The Kier molecular flexibility index (Phi) is 4.52. The number of hydrogen-bond donors (Lipinski definition) is 1. The van der Waals surface area contributed by atoms with E-state index in [9.17, 15) is 13.6 Å². The first kappa shape index (κ1) is 16.4. The zero-order valence-corrected chi connectivity index (χ0v) is 13.3. The van der Waals surface area contributed by atoms with E-state index in [1.54, 1.807) is 12.1 Å². The third-order valence-corrected chi connectivity index (χ3v) is 3.55. The maximum atomic E-state index is 13.3. The lowest BCUT2D eigenvalue weighted by Gasteiger charge is -2.23. The van der Waals surface area contributed by atoms with E-state index < -0.39 is 17.5 Å². The van der Waals surface area contributed by atoms with Crippen LogP contribution in [0.25, 0.3) is 0 Å². The molecular weight excluding hydrogens is 308 g/mol. The number of amides is 1. The van der Waals surface area contributed by atoms with E-state index in [0.29, 0.717) is 5.69 Å². The van der Waals surface area contributed by atoms with Gasteiger partial charge >= 0.3 is 0 Å². The summed E-state index contributed by atoms with van der Waals surface area (Å²) in [6.07, 6.45) is 0. The zero-order chi connectivity index (χ0) is 16.5. The highest BCUT2D eigenvalue weighted by molar-refractivity contribution is 6.34. The summed E-state index contributed by atoms with van der Waals surface area (Å²) in [7, 11) is 0. The van der Waals surface area contributed by atoms with E-state index in [4.69, 9.17) is 11.6 Å². The van der Waals surface area contributed by atoms with Crippen LogP contribution >= 0.6 is 11.6 Å². The van der Waals surface area contributed by atoms with Gasteiger partial charge < -0.3 is 5.32 Å². The molecule has 0 aromatic heterocycles. The molecule has 1 N–H and O–H groups in total. The topological polar surface area (TPSA) is 29.1 Å². The Balaban J connectivity index is 2.37. The van der Waals surface area contributed by atoms with Gasteiger partial charge in [-0.2, -0.15) is 0 Å². The Morgan fingerprint density at radius 2 is 1.68 bits per heavy atom. The summed E-state index contributed by atoms with van der Waals surface area (Å²) in [5, 5.41) is 2.57. The standard InChI is InChI=1S/C17H16ClF2NO/c1-17(2,3)11-6-4-5-7-15(11)21-16(22)10-8-13(19)14(20)9-12(10)18/h4-9H,1-3H3,(H,21,22). The lowest BCUT2D eigenvalue weighted by Crippen LogP contribution is -2.19. The van der Waals surface area contributed by atoms with Crippen molar-refractivity contribution in [2.24, 2.45) is 0 Å². The first-order chi connectivity index (χ1) is 10.2. The largest absolute Gasteiger partial charge is 0.322 e. The predicted molar refractivity (Wildman–Crippen MR) is 84.5 cm³/mol. The molecule has 0 atom stereocenters. The molecule has 0 saturated carbocycles. The van der Waals surface area contributed by atoms with Gasteiger partial charge in [0.25, 0.3) is 5.91 Å². The van der Waals surface area contributed by atoms with E-state index in [2.05, 4.69) is 5.32 Å². The third-order valence-electron chi connectivity index (χ3n) is 3.24. The summed E-state index contributed by atoms with van der Waals surface area (Å²) in [4.78, 5) is 12.3. The highest BCUT2D eigenvalue weighted by atomic mass is 35.5. The number of hydrogen-bond acceptors (Lipinski definition) is 1. The van der Waals surface area contributed by atoms with Crippen LogP contribution in [0.15, 0.2) is 36.4 Å². The van der Waals surface area contributed by atoms with Gasteiger partial charge in [0.15, 0.2) is 11.6 Å². The second-order valence-electron chi connectivity index (χ2n) is 6.00. The quantitative estimate of drug-likeness (QED) is 0.759. The Morgan fingerprint density at radius 3 is 2.32 bits per heavy atom. The van der Waals surface area contributed by atoms with Gasteiger partial charge in [0.2, 0.25) is 0 Å². The molecule has 116 valence electrons. The van der Waals surface area contributed by atoms with Gasteiger partial charge in [-0.05, 0) is 29.2 Å². The third kappa shape index (κ3) is 3.45. The molecule has 0 aliphatic carbocycles. The van der Waals surface area contributed by atoms with Crippen molar-refractivity contribution in [2.45, 2.75) is 26.2 Å². The molecule has 0 heterocycles. The maximum absolute atomic E-state index is 13.3. The van der Waals surface area contributed by atoms with Crippen LogP contribution in [0.4, 0.5) is 14.5 Å². The van der Waals surface area contributed by atoms with Crippen molar-refractivity contribution >= 4 is 23.2 Å². The van der Waals surface area contributed by atoms with Crippen LogP contribution < -0.4 is 5.32 Å². The first-order valence-corrected chi connectivity index (χ1v) is 7.13. The fourth-order valence-corrected chi connectivity index (χ4v) is 2.37. The fourth-order valence-electron chi connectivity index (χ4n) is 2.13. The Hall–Kier alpha value is -1.94. The molecule has 22 heavy (non-hydrogen) atoms. The summed E-state index contributed by atoms with van der Waals surface area (Å²) >= 11 is 5.82. The van der Waals surface area contributed by atoms with Crippen LogP contribution in [-0.4, -0.2) is 5.91 Å². The van der Waals surface area contributed by atoms with Gasteiger partial charge in [-0.25, -0.2) is 8.78 Å². The minimum atomic E-state index is -1.11. The number of halogens is 3. The molecule has 2 rings (SSSR count). The molecule has 5 heteroatoms. The molecule has 0 radical (unpaired) electrons. The minimum Gasteiger partial charge on any atom is -0.322 e. The number of rotatable bonds is 2. The van der Waals surface area contributed by atoms with Gasteiger partial charge in [0, 0.05) is 5.69 Å². The van der Waals surface area contributed by atoms with Gasteiger partial charge in [-0.3, -0.25) is 4.79 Å². The smallest absolute Gasteiger partial charge is 0.257 e. The molecule has 2 aromatic rings. The highest BCUT2D eigenvalue weighted by Crippen LogP contribution is 2.30. The number of carbonyl (C=O) groups excluding carboxylic acids is 1. The van der Waals surface area contributed by atoms with Gasteiger partial charge in [-0.1, -0.05) is 50.6 Å². The summed E-state index contributed by atoms with van der Waals surface area (Å²) in [6.45, 7) is 6.05. The van der Waals surface area contributed by atoms with Gasteiger partial charge in [0.1, 0.15) is 0 Å². The highest BCUT2D eigenvalue weighted by Gasteiger charge is 2.20. The van der Waals surface area contributed by atoms with Crippen molar-refractivity contribution < 1.29 is 13.6 Å². The molecule has 0 unspecified atom stereocenters. The van der Waals surface area contributed by atoms with Crippen molar-refractivity contribution in [2.75, 3.05) is 5.32 Å². The van der Waals surface area contributed by atoms with Crippen LogP contribution in [0.3, 0.4) is 0 Å². The molecule has 0 aliphatic rings. The van der Waals surface area contributed by atoms with Crippen LogP contribution in [0.2, 0.25) is 5.02 Å². The summed E-state index contributed by atoms with van der Waals surface area (Å²) in [5.41, 5.74) is 1.26. The number of nitrogens with one attached hydrogen (secondary N) is 1. The van der Waals surface area contributed by atoms with E-state index in [1.807, 2.05) is 32.9 Å². The average Bonchev–Trinajstić information content (AvgIpc) is 2.42. The monoisotopic (exact) mass is 323 g/mol. The van der Waals surface area contributed by atoms with Crippen molar-refractivity contribution in [1.82, 2.24) is 0 Å². The second kappa shape index (κ2) is 6.05. The summed E-state index contributed by atoms with van der Waals surface area (Å²) in [5.74, 6) is -2.78. The zero-order valence-electron chi connectivity index (χ0n) is 12.5. The molecule has 2 nitrogen and oxygen atoms in total. The predicted octanol–water partition coefficient (Wildman–Crippen LogP) is 5.17. The molecule has 0 spiro atoms. The van der Waals surface area contributed by atoms with Gasteiger partial charge in [-0.15, -0.1) is 0 Å². The minimum absolute atomic E-state index is 0.107. The van der Waals surface area contributed by atoms with Crippen molar-refractivity contribution in [3.05, 3.63) is 64.2 Å². The van der Waals surface area contributed by atoms with Gasteiger partial charge in [0.05, 0.1) is 10.6 Å². The second-order valence-corrected chi connectivity index (χ2v) is 6.40. The van der Waals surface area contributed by atoms with Crippen LogP contribution in [0.1, 0.15) is 36.7 Å². The van der Waals surface area contributed by atoms with Crippen LogP contribution in [0.5, 0.6) is 0 Å². The number of carbonyl (C=O) groups is 1. The normalized spacial score (nSPS) is 11.4. The van der Waals surface area contributed by atoms with Crippen molar-refractivity contribution in [1.29, 1.82) is 0 Å². The number of benzene rings is 2. The summed E-state index contributed by atoms with van der Waals surface area (Å²) in [6, 6.07) is 8.92. The molecule has 0 saturated heterocycles. The van der Waals surface area contributed by atoms with E-state index in [-0.39, 0.29) is 16.0 Å². The SMILES string of the molecule is CC(C)(C)c1ccccc1NC(=O)c1cc(F)c(F)cc1Cl. The van der Waals surface area contributed by atoms with E-state index >= 15 is 0 Å². The molecule has 0 aliphatic heterocycles. The lowest BCUT2D eigenvalue weighted by molar-refractivity contribution is 0.102. The van der Waals surface area contributed by atoms with E-state index in [1.165, 1.54) is 0 Å². The molecule has 2 aromatic carbocycles. The number of para-hydroxylation sites is 1. The Bertz CT molecular complexity index is 723. The lowest BCUT2D eigenvalue weighted by atomic mass is 9.86. The Labute approximate surface area is 133 Å². The van der Waals surface area contributed by atoms with Crippen molar-refractivity contribution in [3.8, 4) is 0 Å². The Morgan fingerprint density at radius 1 is 1.09 bits per heavy atom. The fraction of sp³-hybridized carbons (Fsp3) is 0.235. The molecule has 0 fully saturated rings. The molecular formula is C17H16ClF2NO. The maximum Gasteiger partial charge on any atom is 0.257 e. The molecule has 0 bridgehead atoms. The number of anilines is 1. The molecule has 1 amide bonds. The summed E-state index contributed by atoms with van der Waals surface area (Å²) < 4.78 is 26.4. The van der Waals surface area contributed by atoms with Crippen LogP contribution in [-0.2, 0) is 5.41 Å².